The normalized spacial score (nSPS) is 9.90. The van der Waals surface area contributed by atoms with E-state index in [9.17, 15) is 4.79 Å². The predicted molar refractivity (Wildman–Crippen MR) is 82.0 cm³/mol. The first-order chi connectivity index (χ1) is 9.75. The lowest BCUT2D eigenvalue weighted by molar-refractivity contribution is 0.0697. The van der Waals surface area contributed by atoms with Crippen molar-refractivity contribution in [3.8, 4) is 11.1 Å². The minimum absolute atomic E-state index is 0.295. The van der Waals surface area contributed by atoms with Crippen molar-refractivity contribution in [2.24, 2.45) is 0 Å². The van der Waals surface area contributed by atoms with Crippen molar-refractivity contribution in [3.05, 3.63) is 60.3 Å². The summed E-state index contributed by atoms with van der Waals surface area (Å²) in [4.78, 5) is 14.0. The van der Waals surface area contributed by atoms with Crippen LogP contribution in [0.15, 0.2) is 54.7 Å². The maximum Gasteiger partial charge on any atom is 0.335 e. The SMILES string of the molecule is CC.O=C(O)c1ccc2c(-c3ccccc3)c[nH]c2c1. The molecule has 1 aromatic heterocycles. The third kappa shape index (κ3) is 2.57. The number of hydrogen-bond acceptors (Lipinski definition) is 1. The Labute approximate surface area is 117 Å². The van der Waals surface area contributed by atoms with E-state index in [1.807, 2.05) is 56.4 Å². The number of H-pyrrole nitrogens is 1. The van der Waals surface area contributed by atoms with Crippen LogP contribution in [0.5, 0.6) is 0 Å². The second-order valence-electron chi connectivity index (χ2n) is 4.13. The molecule has 0 fully saturated rings. The lowest BCUT2D eigenvalue weighted by atomic mass is 10.0. The molecule has 0 radical (unpaired) electrons. The van der Waals surface area contributed by atoms with Gasteiger partial charge in [-0.3, -0.25) is 0 Å². The summed E-state index contributed by atoms with van der Waals surface area (Å²) in [6, 6.07) is 15.1. The van der Waals surface area contributed by atoms with Crippen LogP contribution in [-0.2, 0) is 0 Å². The van der Waals surface area contributed by atoms with E-state index in [-0.39, 0.29) is 0 Å². The third-order valence-corrected chi connectivity index (χ3v) is 3.01. The van der Waals surface area contributed by atoms with Crippen LogP contribution < -0.4 is 0 Å². The Bertz CT molecular complexity index is 714. The second kappa shape index (κ2) is 6.06. The van der Waals surface area contributed by atoms with Gasteiger partial charge in [0.2, 0.25) is 0 Å². The topological polar surface area (TPSA) is 53.1 Å². The average molecular weight is 267 g/mol. The fraction of sp³-hybridized carbons (Fsp3) is 0.118. The molecule has 0 amide bonds. The molecule has 0 spiro atoms. The highest BCUT2D eigenvalue weighted by molar-refractivity contribution is 5.99. The molecule has 3 heteroatoms. The molecular formula is C17H17NO2. The summed E-state index contributed by atoms with van der Waals surface area (Å²) in [5.74, 6) is -0.909. The van der Waals surface area contributed by atoms with Crippen LogP contribution in [0.2, 0.25) is 0 Å². The van der Waals surface area contributed by atoms with E-state index in [4.69, 9.17) is 5.11 Å². The van der Waals surface area contributed by atoms with Crippen molar-refractivity contribution in [2.45, 2.75) is 13.8 Å². The van der Waals surface area contributed by atoms with Gasteiger partial charge in [0.25, 0.3) is 0 Å². The maximum atomic E-state index is 10.9. The molecule has 20 heavy (non-hydrogen) atoms. The van der Waals surface area contributed by atoms with Gasteiger partial charge in [-0.05, 0) is 17.7 Å². The molecule has 1 heterocycles. The zero-order valence-electron chi connectivity index (χ0n) is 11.6. The van der Waals surface area contributed by atoms with E-state index in [0.717, 1.165) is 22.0 Å². The molecule has 0 aliphatic carbocycles. The van der Waals surface area contributed by atoms with Gasteiger partial charge in [-0.2, -0.15) is 0 Å². The molecule has 2 aromatic carbocycles. The molecule has 102 valence electrons. The standard InChI is InChI=1S/C15H11NO2.C2H6/c17-15(18)11-6-7-12-13(9-16-14(12)8-11)10-4-2-1-3-5-10;1-2/h1-9,16H,(H,17,18);1-2H3. The zero-order chi connectivity index (χ0) is 14.5. The molecule has 0 saturated carbocycles. The van der Waals surface area contributed by atoms with Crippen molar-refractivity contribution in [2.75, 3.05) is 0 Å². The first kappa shape index (κ1) is 13.9. The lowest BCUT2D eigenvalue weighted by Crippen LogP contribution is -1.94. The first-order valence-electron chi connectivity index (χ1n) is 6.65. The number of aromatic nitrogens is 1. The van der Waals surface area contributed by atoms with Gasteiger partial charge >= 0.3 is 5.97 Å². The average Bonchev–Trinajstić information content (AvgIpc) is 2.93. The maximum absolute atomic E-state index is 10.9. The van der Waals surface area contributed by atoms with E-state index in [2.05, 4.69) is 4.98 Å². The van der Waals surface area contributed by atoms with Gasteiger partial charge in [0.05, 0.1) is 5.56 Å². The van der Waals surface area contributed by atoms with Gasteiger partial charge in [0.1, 0.15) is 0 Å². The number of rotatable bonds is 2. The quantitative estimate of drug-likeness (QED) is 0.715. The molecule has 0 aliphatic heterocycles. The minimum Gasteiger partial charge on any atom is -0.478 e. The van der Waals surface area contributed by atoms with Gasteiger partial charge < -0.3 is 10.1 Å². The van der Waals surface area contributed by atoms with Crippen LogP contribution in [0.1, 0.15) is 24.2 Å². The Hall–Kier alpha value is -2.55. The summed E-state index contributed by atoms with van der Waals surface area (Å²) in [5, 5.41) is 9.99. The van der Waals surface area contributed by atoms with Crippen LogP contribution in [0.4, 0.5) is 0 Å². The van der Waals surface area contributed by atoms with E-state index in [1.54, 1.807) is 12.1 Å². The largest absolute Gasteiger partial charge is 0.478 e. The smallest absolute Gasteiger partial charge is 0.335 e. The zero-order valence-corrected chi connectivity index (χ0v) is 11.6. The predicted octanol–water partition coefficient (Wildman–Crippen LogP) is 4.56. The highest BCUT2D eigenvalue weighted by Crippen LogP contribution is 2.28. The van der Waals surface area contributed by atoms with Crippen molar-refractivity contribution in [3.63, 3.8) is 0 Å². The molecule has 3 rings (SSSR count). The summed E-state index contributed by atoms with van der Waals surface area (Å²) < 4.78 is 0. The third-order valence-electron chi connectivity index (χ3n) is 3.01. The fourth-order valence-corrected chi connectivity index (χ4v) is 2.12. The highest BCUT2D eigenvalue weighted by Gasteiger charge is 2.08. The molecule has 2 N–H and O–H groups in total. The van der Waals surface area contributed by atoms with Crippen molar-refractivity contribution in [1.29, 1.82) is 0 Å². The molecule has 0 aliphatic rings. The Morgan fingerprint density at radius 3 is 2.40 bits per heavy atom. The van der Waals surface area contributed by atoms with Crippen molar-refractivity contribution < 1.29 is 9.90 Å². The summed E-state index contributed by atoms with van der Waals surface area (Å²) in [7, 11) is 0. The molecule has 0 saturated heterocycles. The number of carboxylic acid groups (broad SMARTS) is 1. The molecular weight excluding hydrogens is 250 g/mol. The van der Waals surface area contributed by atoms with Crippen LogP contribution in [0.3, 0.4) is 0 Å². The molecule has 0 atom stereocenters. The van der Waals surface area contributed by atoms with E-state index >= 15 is 0 Å². The summed E-state index contributed by atoms with van der Waals surface area (Å²) >= 11 is 0. The lowest BCUT2D eigenvalue weighted by Gasteiger charge is -1.99. The van der Waals surface area contributed by atoms with Crippen LogP contribution in [0.25, 0.3) is 22.0 Å². The Morgan fingerprint density at radius 1 is 1.05 bits per heavy atom. The number of hydrogen-bond donors (Lipinski definition) is 2. The van der Waals surface area contributed by atoms with E-state index < -0.39 is 5.97 Å². The number of benzene rings is 2. The van der Waals surface area contributed by atoms with Gasteiger partial charge in [-0.25, -0.2) is 4.79 Å². The number of fused-ring (bicyclic) bond motifs is 1. The number of carbonyl (C=O) groups is 1. The first-order valence-corrected chi connectivity index (χ1v) is 6.65. The monoisotopic (exact) mass is 267 g/mol. The summed E-state index contributed by atoms with van der Waals surface area (Å²) in [6.07, 6.45) is 1.91. The second-order valence-corrected chi connectivity index (χ2v) is 4.13. The van der Waals surface area contributed by atoms with Crippen LogP contribution in [-0.4, -0.2) is 16.1 Å². The summed E-state index contributed by atoms with van der Waals surface area (Å²) in [6.45, 7) is 4.00. The molecule has 3 aromatic rings. The van der Waals surface area contributed by atoms with Gasteiger partial charge in [-0.1, -0.05) is 50.2 Å². The van der Waals surface area contributed by atoms with Crippen LogP contribution >= 0.6 is 0 Å². The Morgan fingerprint density at radius 2 is 1.75 bits per heavy atom. The van der Waals surface area contributed by atoms with E-state index in [0.29, 0.717) is 5.56 Å². The number of aromatic carboxylic acids is 1. The highest BCUT2D eigenvalue weighted by atomic mass is 16.4. The van der Waals surface area contributed by atoms with Gasteiger partial charge in [0.15, 0.2) is 0 Å². The van der Waals surface area contributed by atoms with Crippen molar-refractivity contribution in [1.82, 2.24) is 4.98 Å². The molecule has 0 unspecified atom stereocenters. The van der Waals surface area contributed by atoms with E-state index in [1.165, 1.54) is 0 Å². The molecule has 3 nitrogen and oxygen atoms in total. The number of carboxylic acids is 1. The number of nitrogens with one attached hydrogen (secondary N) is 1. The Kier molecular flexibility index (Phi) is 4.20. The minimum atomic E-state index is -0.909. The summed E-state index contributed by atoms with van der Waals surface area (Å²) in [5.41, 5.74) is 3.34. The van der Waals surface area contributed by atoms with Crippen molar-refractivity contribution >= 4 is 16.9 Å². The number of aromatic amines is 1. The fourth-order valence-electron chi connectivity index (χ4n) is 2.12. The van der Waals surface area contributed by atoms with Crippen LogP contribution in [0, 0.1) is 0 Å². The van der Waals surface area contributed by atoms with Gasteiger partial charge in [0, 0.05) is 22.7 Å². The molecule has 0 bridgehead atoms. The van der Waals surface area contributed by atoms with Gasteiger partial charge in [-0.15, -0.1) is 0 Å². The Balaban J connectivity index is 0.000000704.